The van der Waals surface area contributed by atoms with Crippen molar-refractivity contribution in [1.82, 2.24) is 14.8 Å². The SMILES string of the molecule is CCCN(CC(=O)N(CCc1c[nH]c2ccccc12)Cc1ccc(OCC)cc1)C(=O)c1ccccc1F. The molecule has 2 amide bonds. The molecule has 4 rings (SSSR count). The van der Waals surface area contributed by atoms with Gasteiger partial charge in [-0.15, -0.1) is 0 Å². The lowest BCUT2D eigenvalue weighted by atomic mass is 10.1. The predicted molar refractivity (Wildman–Crippen MR) is 148 cm³/mol. The zero-order chi connectivity index (χ0) is 26.9. The number of fused-ring (bicyclic) bond motifs is 1. The van der Waals surface area contributed by atoms with Gasteiger partial charge in [-0.3, -0.25) is 9.59 Å². The molecule has 0 atom stereocenters. The number of carbonyl (C=O) groups excluding carboxylic acids is 2. The van der Waals surface area contributed by atoms with Crippen molar-refractivity contribution in [2.45, 2.75) is 33.2 Å². The van der Waals surface area contributed by atoms with E-state index in [0.29, 0.717) is 39.1 Å². The van der Waals surface area contributed by atoms with Crippen molar-refractivity contribution < 1.29 is 18.7 Å². The van der Waals surface area contributed by atoms with Crippen LogP contribution in [-0.4, -0.2) is 52.8 Å². The normalized spacial score (nSPS) is 10.9. The number of aromatic amines is 1. The first-order valence-electron chi connectivity index (χ1n) is 13.1. The van der Waals surface area contributed by atoms with Crippen LogP contribution in [0.5, 0.6) is 5.75 Å². The van der Waals surface area contributed by atoms with Gasteiger partial charge in [0.2, 0.25) is 5.91 Å². The average Bonchev–Trinajstić information content (AvgIpc) is 3.35. The van der Waals surface area contributed by atoms with E-state index in [1.54, 1.807) is 17.0 Å². The summed E-state index contributed by atoms with van der Waals surface area (Å²) in [6.45, 7) is 5.55. The number of para-hydroxylation sites is 1. The minimum Gasteiger partial charge on any atom is -0.494 e. The first-order valence-corrected chi connectivity index (χ1v) is 13.1. The minimum absolute atomic E-state index is 0.0226. The van der Waals surface area contributed by atoms with Crippen LogP contribution in [0.4, 0.5) is 4.39 Å². The fourth-order valence-electron chi connectivity index (χ4n) is 4.55. The lowest BCUT2D eigenvalue weighted by molar-refractivity contribution is -0.132. The maximum absolute atomic E-state index is 14.4. The molecule has 0 aliphatic heterocycles. The van der Waals surface area contributed by atoms with Crippen molar-refractivity contribution in [3.05, 3.63) is 102 Å². The van der Waals surface area contributed by atoms with Gasteiger partial charge in [0.25, 0.3) is 5.91 Å². The van der Waals surface area contributed by atoms with E-state index in [2.05, 4.69) is 11.1 Å². The molecule has 0 spiro atoms. The zero-order valence-electron chi connectivity index (χ0n) is 22.0. The van der Waals surface area contributed by atoms with Crippen molar-refractivity contribution >= 4 is 22.7 Å². The number of nitrogens with one attached hydrogen (secondary N) is 1. The molecule has 6 nitrogen and oxygen atoms in total. The standard InChI is InChI=1S/C31H34FN3O3/c1-3-18-35(31(37)27-10-5-7-11-28(27)32)22-30(36)34(21-23-13-15-25(16-14-23)38-4-2)19-17-24-20-33-29-12-8-6-9-26(24)29/h5-16,20,33H,3-4,17-19,21-22H2,1-2H3. The van der Waals surface area contributed by atoms with Crippen molar-refractivity contribution in [3.8, 4) is 5.75 Å². The van der Waals surface area contributed by atoms with Crippen LogP contribution in [0.3, 0.4) is 0 Å². The number of hydrogen-bond acceptors (Lipinski definition) is 3. The van der Waals surface area contributed by atoms with Gasteiger partial charge < -0.3 is 19.5 Å². The molecule has 1 heterocycles. The van der Waals surface area contributed by atoms with Gasteiger partial charge in [0.1, 0.15) is 18.1 Å². The van der Waals surface area contributed by atoms with E-state index in [1.807, 2.05) is 62.5 Å². The first kappa shape index (κ1) is 26.9. The smallest absolute Gasteiger partial charge is 0.257 e. The fourth-order valence-corrected chi connectivity index (χ4v) is 4.55. The van der Waals surface area contributed by atoms with Crippen LogP contribution in [0.2, 0.25) is 0 Å². The van der Waals surface area contributed by atoms with E-state index in [4.69, 9.17) is 4.74 Å². The van der Waals surface area contributed by atoms with Gasteiger partial charge in [-0.25, -0.2) is 4.39 Å². The quantitative estimate of drug-likeness (QED) is 0.258. The third kappa shape index (κ3) is 6.59. The number of amides is 2. The molecule has 0 radical (unpaired) electrons. The van der Waals surface area contributed by atoms with Gasteiger partial charge in [0.05, 0.1) is 12.2 Å². The van der Waals surface area contributed by atoms with E-state index < -0.39 is 11.7 Å². The second-order valence-electron chi connectivity index (χ2n) is 9.21. The van der Waals surface area contributed by atoms with Gasteiger partial charge in [-0.2, -0.15) is 0 Å². The Kier molecular flexibility index (Phi) is 9.14. The molecule has 0 aliphatic carbocycles. The van der Waals surface area contributed by atoms with Crippen LogP contribution >= 0.6 is 0 Å². The van der Waals surface area contributed by atoms with E-state index in [1.165, 1.54) is 17.0 Å². The third-order valence-corrected chi connectivity index (χ3v) is 6.50. The zero-order valence-corrected chi connectivity index (χ0v) is 22.0. The second kappa shape index (κ2) is 12.9. The van der Waals surface area contributed by atoms with Crippen LogP contribution in [0.1, 0.15) is 41.8 Å². The highest BCUT2D eigenvalue weighted by atomic mass is 19.1. The number of benzene rings is 3. The Hall–Kier alpha value is -4.13. The number of H-pyrrole nitrogens is 1. The van der Waals surface area contributed by atoms with Gasteiger partial charge >= 0.3 is 0 Å². The highest BCUT2D eigenvalue weighted by molar-refractivity contribution is 5.96. The summed E-state index contributed by atoms with van der Waals surface area (Å²) in [5.41, 5.74) is 3.11. The van der Waals surface area contributed by atoms with E-state index in [-0.39, 0.29) is 18.0 Å². The Morgan fingerprint density at radius 1 is 0.895 bits per heavy atom. The van der Waals surface area contributed by atoms with Crippen molar-refractivity contribution in [3.63, 3.8) is 0 Å². The summed E-state index contributed by atoms with van der Waals surface area (Å²) in [4.78, 5) is 33.3. The Labute approximate surface area is 223 Å². The maximum atomic E-state index is 14.4. The lowest BCUT2D eigenvalue weighted by Gasteiger charge is -2.28. The van der Waals surface area contributed by atoms with Crippen molar-refractivity contribution in [1.29, 1.82) is 0 Å². The number of carbonyl (C=O) groups is 2. The topological polar surface area (TPSA) is 65.6 Å². The van der Waals surface area contributed by atoms with Gasteiger partial charge in [0, 0.05) is 36.7 Å². The Balaban J connectivity index is 1.54. The Morgan fingerprint density at radius 3 is 2.37 bits per heavy atom. The number of ether oxygens (including phenoxy) is 1. The molecule has 1 N–H and O–H groups in total. The van der Waals surface area contributed by atoms with Crippen molar-refractivity contribution in [2.24, 2.45) is 0 Å². The highest BCUT2D eigenvalue weighted by Crippen LogP contribution is 2.20. The third-order valence-electron chi connectivity index (χ3n) is 6.50. The Bertz CT molecular complexity index is 1370. The second-order valence-corrected chi connectivity index (χ2v) is 9.21. The van der Waals surface area contributed by atoms with Crippen LogP contribution in [0, 0.1) is 5.82 Å². The average molecular weight is 516 g/mol. The van der Waals surface area contributed by atoms with Crippen molar-refractivity contribution in [2.75, 3.05) is 26.2 Å². The minimum atomic E-state index is -0.586. The van der Waals surface area contributed by atoms with Crippen LogP contribution in [0.25, 0.3) is 10.9 Å². The molecule has 0 unspecified atom stereocenters. The maximum Gasteiger partial charge on any atom is 0.257 e. The molecule has 7 heteroatoms. The first-order chi connectivity index (χ1) is 18.5. The van der Waals surface area contributed by atoms with Gasteiger partial charge in [-0.05, 0) is 61.2 Å². The van der Waals surface area contributed by atoms with Crippen LogP contribution in [-0.2, 0) is 17.8 Å². The predicted octanol–water partition coefficient (Wildman–Crippen LogP) is 5.83. The number of hydrogen-bond donors (Lipinski definition) is 1. The number of aromatic nitrogens is 1. The molecule has 0 bridgehead atoms. The monoisotopic (exact) mass is 515 g/mol. The molecule has 3 aromatic carbocycles. The number of halogens is 1. The van der Waals surface area contributed by atoms with E-state index >= 15 is 0 Å². The highest BCUT2D eigenvalue weighted by Gasteiger charge is 2.24. The van der Waals surface area contributed by atoms with Crippen LogP contribution < -0.4 is 4.74 Å². The molecular weight excluding hydrogens is 481 g/mol. The fraction of sp³-hybridized carbons (Fsp3) is 0.290. The molecule has 0 saturated heterocycles. The Morgan fingerprint density at radius 2 is 1.63 bits per heavy atom. The van der Waals surface area contributed by atoms with Gasteiger partial charge in [-0.1, -0.05) is 49.4 Å². The molecule has 4 aromatic rings. The number of rotatable bonds is 12. The summed E-state index contributed by atoms with van der Waals surface area (Å²) in [5, 5.41) is 1.13. The lowest BCUT2D eigenvalue weighted by Crippen LogP contribution is -2.43. The summed E-state index contributed by atoms with van der Waals surface area (Å²) in [6, 6.07) is 21.7. The van der Waals surface area contributed by atoms with Crippen LogP contribution in [0.15, 0.2) is 79.0 Å². The molecule has 1 aromatic heterocycles. The molecule has 0 saturated carbocycles. The molecular formula is C31H34FN3O3. The summed E-state index contributed by atoms with van der Waals surface area (Å²) in [7, 11) is 0. The summed E-state index contributed by atoms with van der Waals surface area (Å²) < 4.78 is 19.9. The van der Waals surface area contributed by atoms with E-state index in [0.717, 1.165) is 27.8 Å². The largest absolute Gasteiger partial charge is 0.494 e. The molecule has 0 aliphatic rings. The van der Waals surface area contributed by atoms with Gasteiger partial charge in [0.15, 0.2) is 0 Å². The summed E-state index contributed by atoms with van der Waals surface area (Å²) in [6.07, 6.45) is 3.29. The molecule has 38 heavy (non-hydrogen) atoms. The van der Waals surface area contributed by atoms with E-state index in [9.17, 15) is 14.0 Å². The molecule has 198 valence electrons. The number of nitrogens with zero attached hydrogens (tertiary/aromatic N) is 2. The summed E-state index contributed by atoms with van der Waals surface area (Å²) >= 11 is 0. The molecule has 0 fully saturated rings. The summed E-state index contributed by atoms with van der Waals surface area (Å²) in [5.74, 6) is -0.470.